The summed E-state index contributed by atoms with van der Waals surface area (Å²) in [6.07, 6.45) is 0. The van der Waals surface area contributed by atoms with Gasteiger partial charge in [0.25, 0.3) is 0 Å². The van der Waals surface area contributed by atoms with Crippen LogP contribution in [0.25, 0.3) is 98.4 Å². The summed E-state index contributed by atoms with van der Waals surface area (Å²) in [4.78, 5) is 2.36. The van der Waals surface area contributed by atoms with Crippen LogP contribution in [0.3, 0.4) is 0 Å². The molecule has 12 rings (SSSR count). The number of anilines is 3. The SMILES string of the molecule is c1ccc(-c2cc(-c3ccc(N(c4ccccc4)c4ccc5ccccc5c4)cc3)c3c4ccccc4c4cc(-c5ccc6ccccc6c5)ccc4c3c2-c2ccccc2)cc1. The van der Waals surface area contributed by atoms with Gasteiger partial charge in [-0.1, -0.05) is 194 Å². The van der Waals surface area contributed by atoms with Crippen molar-refractivity contribution in [3.8, 4) is 44.5 Å². The van der Waals surface area contributed by atoms with Gasteiger partial charge in [0.1, 0.15) is 0 Å². The van der Waals surface area contributed by atoms with Gasteiger partial charge in [0.05, 0.1) is 0 Å². The Morgan fingerprint density at radius 2 is 0.698 bits per heavy atom. The van der Waals surface area contributed by atoms with E-state index in [9.17, 15) is 0 Å². The van der Waals surface area contributed by atoms with E-state index in [2.05, 4.69) is 254 Å². The number of hydrogen-bond acceptors (Lipinski definition) is 1. The molecule has 0 amide bonds. The third kappa shape index (κ3) is 6.42. The Balaban J connectivity index is 1.13. The lowest BCUT2D eigenvalue weighted by atomic mass is 9.81. The first-order valence-electron chi connectivity index (χ1n) is 21.7. The third-order valence-electron chi connectivity index (χ3n) is 12.8. The van der Waals surface area contributed by atoms with Crippen molar-refractivity contribution >= 4 is 70.9 Å². The molecule has 63 heavy (non-hydrogen) atoms. The molecule has 1 heteroatoms. The molecule has 0 aliphatic rings. The molecule has 0 spiro atoms. The minimum Gasteiger partial charge on any atom is -0.310 e. The van der Waals surface area contributed by atoms with E-state index in [4.69, 9.17) is 0 Å². The highest BCUT2D eigenvalue weighted by Gasteiger charge is 2.22. The highest BCUT2D eigenvalue weighted by atomic mass is 15.1. The third-order valence-corrected chi connectivity index (χ3v) is 12.8. The molecule has 0 N–H and O–H groups in total. The maximum absolute atomic E-state index is 2.45. The molecular formula is C62H41N. The van der Waals surface area contributed by atoms with Crippen molar-refractivity contribution in [2.75, 3.05) is 4.90 Å². The van der Waals surface area contributed by atoms with E-state index >= 15 is 0 Å². The Morgan fingerprint density at radius 1 is 0.222 bits per heavy atom. The van der Waals surface area contributed by atoms with Gasteiger partial charge in [0.15, 0.2) is 0 Å². The summed E-state index contributed by atoms with van der Waals surface area (Å²) >= 11 is 0. The first-order chi connectivity index (χ1) is 31.2. The second-order valence-corrected chi connectivity index (χ2v) is 16.4. The number of benzene rings is 12. The lowest BCUT2D eigenvalue weighted by Crippen LogP contribution is -2.09. The Labute approximate surface area is 367 Å². The molecule has 0 aromatic heterocycles. The van der Waals surface area contributed by atoms with Gasteiger partial charge in [0.2, 0.25) is 0 Å². The van der Waals surface area contributed by atoms with E-state index in [1.807, 2.05) is 0 Å². The molecule has 0 bridgehead atoms. The van der Waals surface area contributed by atoms with Crippen LogP contribution < -0.4 is 4.90 Å². The van der Waals surface area contributed by atoms with Crippen LogP contribution >= 0.6 is 0 Å². The average molecular weight is 800 g/mol. The highest BCUT2D eigenvalue weighted by molar-refractivity contribution is 6.33. The van der Waals surface area contributed by atoms with Gasteiger partial charge in [-0.15, -0.1) is 0 Å². The first-order valence-corrected chi connectivity index (χ1v) is 21.7. The van der Waals surface area contributed by atoms with Crippen LogP contribution in [-0.2, 0) is 0 Å². The molecule has 12 aromatic rings. The molecule has 0 saturated heterocycles. The topological polar surface area (TPSA) is 3.24 Å². The van der Waals surface area contributed by atoms with Crippen LogP contribution in [0.2, 0.25) is 0 Å². The molecule has 1 nitrogen and oxygen atoms in total. The molecule has 0 heterocycles. The predicted octanol–water partition coefficient (Wildman–Crippen LogP) is 17.6. The summed E-state index contributed by atoms with van der Waals surface area (Å²) in [5.74, 6) is 0. The van der Waals surface area contributed by atoms with Crippen LogP contribution in [0.15, 0.2) is 249 Å². The standard InChI is InChI=1S/C62H41N/c1-4-18-44(19-5-1)57-41-58(45-31-34-52(35-32-45)63(51-24-8-3-9-25-51)53-36-30-43-17-11-13-23-48(43)39-53)61-55-27-15-14-26-54(55)59-40-50(49-29-28-42-16-10-12-22-47(42)38-49)33-37-56(59)62(61)60(57)46-20-6-2-7-21-46/h1-41H. The van der Waals surface area contributed by atoms with Crippen LogP contribution in [0.4, 0.5) is 17.1 Å². The van der Waals surface area contributed by atoms with E-state index in [0.29, 0.717) is 0 Å². The fraction of sp³-hybridized carbons (Fsp3) is 0. The Bertz CT molecular complexity index is 3650. The van der Waals surface area contributed by atoms with Crippen molar-refractivity contribution in [3.63, 3.8) is 0 Å². The molecule has 0 saturated carbocycles. The van der Waals surface area contributed by atoms with Crippen molar-refractivity contribution in [2.24, 2.45) is 0 Å². The van der Waals surface area contributed by atoms with Gasteiger partial charge in [0, 0.05) is 17.1 Å². The fourth-order valence-electron chi connectivity index (χ4n) is 9.81. The van der Waals surface area contributed by atoms with Crippen molar-refractivity contribution in [3.05, 3.63) is 249 Å². The minimum absolute atomic E-state index is 1.10. The summed E-state index contributed by atoms with van der Waals surface area (Å²) < 4.78 is 0. The van der Waals surface area contributed by atoms with E-state index < -0.39 is 0 Å². The summed E-state index contributed by atoms with van der Waals surface area (Å²) in [5, 5.41) is 12.5. The number of fused-ring (bicyclic) bond motifs is 8. The zero-order chi connectivity index (χ0) is 41.7. The number of hydrogen-bond donors (Lipinski definition) is 0. The first kappa shape index (κ1) is 36.6. The van der Waals surface area contributed by atoms with Crippen LogP contribution in [0.5, 0.6) is 0 Å². The quantitative estimate of drug-likeness (QED) is 0.145. The molecule has 0 aliphatic heterocycles. The van der Waals surface area contributed by atoms with Gasteiger partial charge in [-0.2, -0.15) is 0 Å². The summed E-state index contributed by atoms with van der Waals surface area (Å²) in [5.41, 5.74) is 13.0. The van der Waals surface area contributed by atoms with E-state index in [1.54, 1.807) is 0 Å². The Morgan fingerprint density at radius 3 is 1.41 bits per heavy atom. The Hall–Kier alpha value is -8.26. The maximum atomic E-state index is 2.45. The predicted molar refractivity (Wildman–Crippen MR) is 270 cm³/mol. The number of rotatable bonds is 7. The van der Waals surface area contributed by atoms with E-state index in [0.717, 1.165) is 17.1 Å². The summed E-state index contributed by atoms with van der Waals surface area (Å²) in [7, 11) is 0. The van der Waals surface area contributed by atoms with Crippen molar-refractivity contribution in [1.29, 1.82) is 0 Å². The molecule has 0 atom stereocenters. The monoisotopic (exact) mass is 799 g/mol. The van der Waals surface area contributed by atoms with Crippen LogP contribution in [-0.4, -0.2) is 0 Å². The van der Waals surface area contributed by atoms with Gasteiger partial charge in [-0.25, -0.2) is 0 Å². The molecule has 0 unspecified atom stereocenters. The molecule has 12 aromatic carbocycles. The van der Waals surface area contributed by atoms with Gasteiger partial charge in [-0.05, 0) is 153 Å². The molecule has 0 aliphatic carbocycles. The van der Waals surface area contributed by atoms with Crippen molar-refractivity contribution in [1.82, 2.24) is 0 Å². The minimum atomic E-state index is 1.10. The zero-order valence-electron chi connectivity index (χ0n) is 34.6. The average Bonchev–Trinajstić information content (AvgIpc) is 3.36. The number of para-hydroxylation sites is 1. The van der Waals surface area contributed by atoms with Gasteiger partial charge < -0.3 is 4.90 Å². The molecule has 294 valence electrons. The van der Waals surface area contributed by atoms with Gasteiger partial charge in [-0.3, -0.25) is 0 Å². The number of nitrogens with zero attached hydrogens (tertiary/aromatic N) is 1. The largest absolute Gasteiger partial charge is 0.310 e. The second kappa shape index (κ2) is 15.3. The lowest BCUT2D eigenvalue weighted by Gasteiger charge is -2.26. The van der Waals surface area contributed by atoms with E-state index in [-0.39, 0.29) is 0 Å². The summed E-state index contributed by atoms with van der Waals surface area (Å²) in [6.45, 7) is 0. The van der Waals surface area contributed by atoms with E-state index in [1.165, 1.54) is 98.4 Å². The maximum Gasteiger partial charge on any atom is 0.0468 e. The van der Waals surface area contributed by atoms with Crippen LogP contribution in [0.1, 0.15) is 0 Å². The highest BCUT2D eigenvalue weighted by Crippen LogP contribution is 2.50. The molecule has 0 radical (unpaired) electrons. The fourth-order valence-corrected chi connectivity index (χ4v) is 9.81. The molecule has 0 fully saturated rings. The zero-order valence-corrected chi connectivity index (χ0v) is 34.6. The summed E-state index contributed by atoms with van der Waals surface area (Å²) in [6, 6.07) is 91.2. The molecular weight excluding hydrogens is 759 g/mol. The lowest BCUT2D eigenvalue weighted by molar-refractivity contribution is 1.29. The smallest absolute Gasteiger partial charge is 0.0468 e. The van der Waals surface area contributed by atoms with Crippen molar-refractivity contribution < 1.29 is 0 Å². The normalized spacial score (nSPS) is 11.5. The second-order valence-electron chi connectivity index (χ2n) is 16.4. The van der Waals surface area contributed by atoms with Crippen molar-refractivity contribution in [2.45, 2.75) is 0 Å². The Kier molecular flexibility index (Phi) is 8.90. The van der Waals surface area contributed by atoms with Gasteiger partial charge >= 0.3 is 0 Å². The van der Waals surface area contributed by atoms with Crippen LogP contribution in [0, 0.1) is 0 Å².